The van der Waals surface area contributed by atoms with Crippen LogP contribution >= 0.6 is 31.9 Å². The van der Waals surface area contributed by atoms with Crippen LogP contribution in [-0.4, -0.2) is 13.6 Å². The summed E-state index contributed by atoms with van der Waals surface area (Å²) in [5, 5.41) is 3.23. The van der Waals surface area contributed by atoms with E-state index in [0.29, 0.717) is 0 Å². The monoisotopic (exact) mass is 317 g/mol. The molecule has 2 rings (SSSR count). The topological polar surface area (TPSA) is 12.0 Å². The van der Waals surface area contributed by atoms with E-state index in [4.69, 9.17) is 0 Å². The molecule has 1 aromatic rings. The summed E-state index contributed by atoms with van der Waals surface area (Å²) in [4.78, 5) is 0. The Kier molecular flexibility index (Phi) is 3.30. The van der Waals surface area contributed by atoms with Crippen molar-refractivity contribution in [2.24, 2.45) is 5.92 Å². The standard InChI is InChI=1S/C11H13Br2N/c1-14-6-8-4-9(8)7-2-3-10(12)11(13)5-7/h2-3,5,8-9,14H,4,6H2,1H3. The highest BCUT2D eigenvalue weighted by atomic mass is 79.9. The minimum Gasteiger partial charge on any atom is -0.319 e. The van der Waals surface area contributed by atoms with Crippen molar-refractivity contribution in [3.05, 3.63) is 32.7 Å². The molecule has 76 valence electrons. The van der Waals surface area contributed by atoms with E-state index in [1.54, 1.807) is 0 Å². The largest absolute Gasteiger partial charge is 0.319 e. The van der Waals surface area contributed by atoms with E-state index in [-0.39, 0.29) is 0 Å². The number of hydrogen-bond donors (Lipinski definition) is 1. The van der Waals surface area contributed by atoms with Gasteiger partial charge < -0.3 is 5.32 Å². The molecule has 0 spiro atoms. The van der Waals surface area contributed by atoms with Crippen molar-refractivity contribution in [2.75, 3.05) is 13.6 Å². The van der Waals surface area contributed by atoms with Gasteiger partial charge in [-0.3, -0.25) is 0 Å². The van der Waals surface area contributed by atoms with Gasteiger partial charge in [-0.2, -0.15) is 0 Å². The molecule has 0 amide bonds. The molecule has 1 aromatic carbocycles. The third kappa shape index (κ3) is 2.20. The highest BCUT2D eigenvalue weighted by molar-refractivity contribution is 9.13. The van der Waals surface area contributed by atoms with E-state index in [2.05, 4.69) is 55.4 Å². The summed E-state index contributed by atoms with van der Waals surface area (Å²) in [6.45, 7) is 1.14. The second kappa shape index (κ2) is 4.33. The first-order valence-corrected chi connectivity index (χ1v) is 6.40. The molecule has 2 unspecified atom stereocenters. The fourth-order valence-electron chi connectivity index (χ4n) is 1.89. The molecular weight excluding hydrogens is 306 g/mol. The van der Waals surface area contributed by atoms with Crippen molar-refractivity contribution in [3.8, 4) is 0 Å². The van der Waals surface area contributed by atoms with Gasteiger partial charge in [-0.1, -0.05) is 6.07 Å². The molecule has 1 aliphatic rings. The van der Waals surface area contributed by atoms with Crippen molar-refractivity contribution in [1.82, 2.24) is 5.32 Å². The molecule has 0 aliphatic heterocycles. The van der Waals surface area contributed by atoms with Crippen LogP contribution in [0.3, 0.4) is 0 Å². The van der Waals surface area contributed by atoms with E-state index in [0.717, 1.165) is 27.3 Å². The summed E-state index contributed by atoms with van der Waals surface area (Å²) >= 11 is 7.02. The summed E-state index contributed by atoms with van der Waals surface area (Å²) in [5.74, 6) is 1.61. The number of benzene rings is 1. The molecule has 0 radical (unpaired) electrons. The first-order chi connectivity index (χ1) is 6.72. The van der Waals surface area contributed by atoms with Crippen LogP contribution < -0.4 is 5.32 Å². The van der Waals surface area contributed by atoms with Gasteiger partial charge in [-0.15, -0.1) is 0 Å². The van der Waals surface area contributed by atoms with E-state index in [9.17, 15) is 0 Å². The maximum Gasteiger partial charge on any atom is 0.0320 e. The third-order valence-electron chi connectivity index (χ3n) is 2.76. The van der Waals surface area contributed by atoms with Crippen molar-refractivity contribution in [3.63, 3.8) is 0 Å². The lowest BCUT2D eigenvalue weighted by Gasteiger charge is -2.02. The van der Waals surface area contributed by atoms with Gasteiger partial charge in [-0.05, 0) is 81.4 Å². The molecule has 1 nitrogen and oxygen atoms in total. The molecule has 1 fully saturated rings. The van der Waals surface area contributed by atoms with Gasteiger partial charge >= 0.3 is 0 Å². The Morgan fingerprint density at radius 1 is 1.36 bits per heavy atom. The summed E-state index contributed by atoms with van der Waals surface area (Å²) in [6.07, 6.45) is 1.33. The predicted molar refractivity (Wildman–Crippen MR) is 66.6 cm³/mol. The maximum atomic E-state index is 3.54. The Bertz CT molecular complexity index is 338. The summed E-state index contributed by atoms with van der Waals surface area (Å²) in [6, 6.07) is 6.56. The Labute approximate surface area is 102 Å². The molecule has 14 heavy (non-hydrogen) atoms. The zero-order chi connectivity index (χ0) is 10.1. The number of halogens is 2. The Morgan fingerprint density at radius 2 is 2.14 bits per heavy atom. The number of rotatable bonds is 3. The summed E-state index contributed by atoms with van der Waals surface area (Å²) in [5.41, 5.74) is 1.46. The van der Waals surface area contributed by atoms with Crippen LogP contribution in [0, 0.1) is 5.92 Å². The fraction of sp³-hybridized carbons (Fsp3) is 0.455. The van der Waals surface area contributed by atoms with Crippen molar-refractivity contribution in [2.45, 2.75) is 12.3 Å². The van der Waals surface area contributed by atoms with Gasteiger partial charge in [-0.25, -0.2) is 0 Å². The molecule has 1 N–H and O–H groups in total. The Balaban J connectivity index is 2.08. The quantitative estimate of drug-likeness (QED) is 0.899. The third-order valence-corrected chi connectivity index (χ3v) is 4.64. The molecular formula is C11H13Br2N. The second-order valence-corrected chi connectivity index (χ2v) is 5.54. The first kappa shape index (κ1) is 10.7. The average Bonchev–Trinajstić information content (AvgIpc) is 2.90. The lowest BCUT2D eigenvalue weighted by atomic mass is 10.1. The normalized spacial score (nSPS) is 25.1. The molecule has 3 heteroatoms. The molecule has 0 heterocycles. The average molecular weight is 319 g/mol. The molecule has 0 aromatic heterocycles. The first-order valence-electron chi connectivity index (χ1n) is 4.82. The molecule has 2 atom stereocenters. The SMILES string of the molecule is CNCC1CC1c1ccc(Br)c(Br)c1. The van der Waals surface area contributed by atoms with Gasteiger partial charge in [0, 0.05) is 8.95 Å². The lowest BCUT2D eigenvalue weighted by Crippen LogP contribution is -2.10. The van der Waals surface area contributed by atoms with Crippen LogP contribution in [0.5, 0.6) is 0 Å². The van der Waals surface area contributed by atoms with Crippen LogP contribution in [0.1, 0.15) is 17.9 Å². The minimum absolute atomic E-state index is 0.770. The van der Waals surface area contributed by atoms with Crippen LogP contribution in [0.2, 0.25) is 0 Å². The zero-order valence-electron chi connectivity index (χ0n) is 8.06. The fourth-order valence-corrected chi connectivity index (χ4v) is 2.53. The molecule has 1 aliphatic carbocycles. The molecule has 1 saturated carbocycles. The Hall–Kier alpha value is 0.140. The highest BCUT2D eigenvalue weighted by Crippen LogP contribution is 2.47. The second-order valence-electron chi connectivity index (χ2n) is 3.83. The van der Waals surface area contributed by atoms with Crippen LogP contribution in [0.15, 0.2) is 27.1 Å². The number of nitrogens with one attached hydrogen (secondary N) is 1. The molecule has 0 saturated heterocycles. The van der Waals surface area contributed by atoms with E-state index in [1.807, 2.05) is 7.05 Å². The maximum absolute atomic E-state index is 3.54. The highest BCUT2D eigenvalue weighted by Gasteiger charge is 2.37. The van der Waals surface area contributed by atoms with Gasteiger partial charge in [0.1, 0.15) is 0 Å². The van der Waals surface area contributed by atoms with Crippen LogP contribution in [-0.2, 0) is 0 Å². The van der Waals surface area contributed by atoms with Gasteiger partial charge in [0.25, 0.3) is 0 Å². The van der Waals surface area contributed by atoms with E-state index < -0.39 is 0 Å². The lowest BCUT2D eigenvalue weighted by molar-refractivity contribution is 0.698. The van der Waals surface area contributed by atoms with Crippen LogP contribution in [0.25, 0.3) is 0 Å². The Morgan fingerprint density at radius 3 is 2.79 bits per heavy atom. The van der Waals surface area contributed by atoms with E-state index >= 15 is 0 Å². The van der Waals surface area contributed by atoms with Gasteiger partial charge in [0.15, 0.2) is 0 Å². The van der Waals surface area contributed by atoms with Crippen molar-refractivity contribution < 1.29 is 0 Å². The van der Waals surface area contributed by atoms with Crippen LogP contribution in [0.4, 0.5) is 0 Å². The molecule has 0 bridgehead atoms. The summed E-state index contributed by atoms with van der Waals surface area (Å²) in [7, 11) is 2.02. The predicted octanol–water partition coefficient (Wildman–Crippen LogP) is 3.53. The smallest absolute Gasteiger partial charge is 0.0320 e. The van der Waals surface area contributed by atoms with Gasteiger partial charge in [0.05, 0.1) is 0 Å². The van der Waals surface area contributed by atoms with Crippen molar-refractivity contribution in [1.29, 1.82) is 0 Å². The zero-order valence-corrected chi connectivity index (χ0v) is 11.2. The number of hydrogen-bond acceptors (Lipinski definition) is 1. The van der Waals surface area contributed by atoms with Crippen molar-refractivity contribution >= 4 is 31.9 Å². The summed E-state index contributed by atoms with van der Waals surface area (Å²) < 4.78 is 2.29. The van der Waals surface area contributed by atoms with Gasteiger partial charge in [0.2, 0.25) is 0 Å². The van der Waals surface area contributed by atoms with E-state index in [1.165, 1.54) is 12.0 Å². The minimum atomic E-state index is 0.770.